The highest BCUT2D eigenvalue weighted by Gasteiger charge is 2.41. The Labute approximate surface area is 159 Å². The maximum atomic E-state index is 13.1. The van der Waals surface area contributed by atoms with Gasteiger partial charge in [-0.1, -0.05) is 6.07 Å². The third-order valence-electron chi connectivity index (χ3n) is 5.00. The molecule has 0 spiro atoms. The summed E-state index contributed by atoms with van der Waals surface area (Å²) in [5.41, 5.74) is 1.32. The van der Waals surface area contributed by atoms with E-state index in [9.17, 15) is 14.4 Å². The number of nitrogens with zero attached hydrogens (tertiary/aromatic N) is 1. The average molecular weight is 423 g/mol. The molecular weight excluding hydrogens is 404 g/mol. The van der Waals surface area contributed by atoms with Gasteiger partial charge in [-0.15, -0.1) is 0 Å². The zero-order valence-corrected chi connectivity index (χ0v) is 15.7. The van der Waals surface area contributed by atoms with E-state index in [0.717, 1.165) is 25.0 Å². The number of halogens is 1. The molecule has 0 bridgehead atoms. The first-order chi connectivity index (χ1) is 12.5. The summed E-state index contributed by atoms with van der Waals surface area (Å²) in [6, 6.07) is 3.10. The average Bonchev–Trinajstić information content (AvgIpc) is 2.95. The number of carbonyl (C=O) groups excluding carboxylic acids is 3. The number of hydrogen-bond acceptors (Lipinski definition) is 5. The quantitative estimate of drug-likeness (QED) is 0.750. The number of fused-ring (bicyclic) bond motifs is 1. The van der Waals surface area contributed by atoms with Gasteiger partial charge in [0.1, 0.15) is 17.9 Å². The van der Waals surface area contributed by atoms with Crippen molar-refractivity contribution >= 4 is 33.7 Å². The second-order valence-electron chi connectivity index (χ2n) is 6.77. The van der Waals surface area contributed by atoms with Gasteiger partial charge in [-0.2, -0.15) is 0 Å². The molecule has 3 heterocycles. The van der Waals surface area contributed by atoms with E-state index >= 15 is 0 Å². The van der Waals surface area contributed by atoms with E-state index in [2.05, 4.69) is 21.2 Å². The lowest BCUT2D eigenvalue weighted by atomic mass is 10.0. The smallest absolute Gasteiger partial charge is 0.259 e. The summed E-state index contributed by atoms with van der Waals surface area (Å²) in [4.78, 5) is 38.2. The first-order valence-electron chi connectivity index (χ1n) is 8.75. The highest BCUT2D eigenvalue weighted by atomic mass is 79.9. The van der Waals surface area contributed by atoms with Gasteiger partial charge in [-0.3, -0.25) is 19.7 Å². The van der Waals surface area contributed by atoms with Gasteiger partial charge >= 0.3 is 0 Å². The van der Waals surface area contributed by atoms with Crippen molar-refractivity contribution in [2.75, 3.05) is 13.2 Å². The van der Waals surface area contributed by atoms with Crippen molar-refractivity contribution in [2.45, 2.75) is 44.4 Å². The molecule has 1 N–H and O–H groups in total. The van der Waals surface area contributed by atoms with Crippen molar-refractivity contribution < 1.29 is 23.9 Å². The largest absolute Gasteiger partial charge is 0.486 e. The van der Waals surface area contributed by atoms with Crippen LogP contribution in [0.5, 0.6) is 5.75 Å². The van der Waals surface area contributed by atoms with Gasteiger partial charge in [0.05, 0.1) is 16.6 Å². The monoisotopic (exact) mass is 422 g/mol. The molecule has 3 aliphatic rings. The predicted octanol–water partition coefficient (Wildman–Crippen LogP) is 1.77. The minimum atomic E-state index is -0.628. The van der Waals surface area contributed by atoms with Crippen molar-refractivity contribution in [1.29, 1.82) is 0 Å². The molecular formula is C18H19BrN2O5. The van der Waals surface area contributed by atoms with E-state index in [4.69, 9.17) is 9.47 Å². The molecule has 0 radical (unpaired) electrons. The van der Waals surface area contributed by atoms with Crippen LogP contribution in [0.2, 0.25) is 0 Å². The van der Waals surface area contributed by atoms with E-state index in [1.54, 1.807) is 0 Å². The highest BCUT2D eigenvalue weighted by molar-refractivity contribution is 9.10. The summed E-state index contributed by atoms with van der Waals surface area (Å²) in [5, 5.41) is 2.32. The molecule has 2 atom stereocenters. The first kappa shape index (κ1) is 17.5. The van der Waals surface area contributed by atoms with E-state index in [-0.39, 0.29) is 24.3 Å². The minimum absolute atomic E-state index is 0.0935. The zero-order chi connectivity index (χ0) is 18.3. The van der Waals surface area contributed by atoms with Crippen molar-refractivity contribution in [2.24, 2.45) is 0 Å². The summed E-state index contributed by atoms with van der Waals surface area (Å²) < 4.78 is 12.3. The van der Waals surface area contributed by atoms with Gasteiger partial charge in [0.25, 0.3) is 5.91 Å². The van der Waals surface area contributed by atoms with Gasteiger partial charge < -0.3 is 14.4 Å². The van der Waals surface area contributed by atoms with Crippen molar-refractivity contribution in [3.63, 3.8) is 0 Å². The van der Waals surface area contributed by atoms with Gasteiger partial charge in [0.15, 0.2) is 0 Å². The molecule has 1 aromatic rings. The lowest BCUT2D eigenvalue weighted by Crippen LogP contribution is -2.52. The molecule has 7 nitrogen and oxygen atoms in total. The van der Waals surface area contributed by atoms with Crippen molar-refractivity contribution in [1.82, 2.24) is 10.2 Å². The topological polar surface area (TPSA) is 84.9 Å². The van der Waals surface area contributed by atoms with Gasteiger partial charge in [-0.25, -0.2) is 0 Å². The Balaban J connectivity index is 1.60. The third-order valence-corrected chi connectivity index (χ3v) is 5.63. The second-order valence-corrected chi connectivity index (χ2v) is 7.62. The fraction of sp³-hybridized carbons (Fsp3) is 0.500. The lowest BCUT2D eigenvalue weighted by molar-refractivity contribution is -0.136. The zero-order valence-electron chi connectivity index (χ0n) is 14.1. The SMILES string of the molecule is O=C1CCC(N2Cc3ccc(Br)c(O[C@@H]4CCCOC4)c3C2=O)C(=O)N1. The van der Waals surface area contributed by atoms with Crippen LogP contribution in [0.4, 0.5) is 0 Å². The summed E-state index contributed by atoms with van der Waals surface area (Å²) >= 11 is 3.48. The minimum Gasteiger partial charge on any atom is -0.486 e. The molecule has 26 heavy (non-hydrogen) atoms. The Morgan fingerprint density at radius 1 is 1.23 bits per heavy atom. The second kappa shape index (κ2) is 7.00. The molecule has 2 fully saturated rings. The molecule has 0 aromatic heterocycles. The number of hydrogen-bond donors (Lipinski definition) is 1. The first-order valence-corrected chi connectivity index (χ1v) is 9.54. The molecule has 1 unspecified atom stereocenters. The number of imide groups is 1. The van der Waals surface area contributed by atoms with Crippen LogP contribution in [0.25, 0.3) is 0 Å². The van der Waals surface area contributed by atoms with E-state index < -0.39 is 11.9 Å². The van der Waals surface area contributed by atoms with Crippen LogP contribution in [0, 0.1) is 0 Å². The van der Waals surface area contributed by atoms with Gasteiger partial charge in [-0.05, 0) is 46.8 Å². The van der Waals surface area contributed by atoms with Crippen LogP contribution in [0.15, 0.2) is 16.6 Å². The fourth-order valence-corrected chi connectivity index (χ4v) is 4.10. The number of ether oxygens (including phenoxy) is 2. The van der Waals surface area contributed by atoms with Crippen molar-refractivity contribution in [3.8, 4) is 5.75 Å². The molecule has 8 heteroatoms. The van der Waals surface area contributed by atoms with Crippen LogP contribution >= 0.6 is 15.9 Å². The summed E-state index contributed by atoms with van der Waals surface area (Å²) in [6.45, 7) is 1.57. The van der Waals surface area contributed by atoms with Crippen LogP contribution in [-0.4, -0.2) is 48.0 Å². The number of rotatable bonds is 3. The van der Waals surface area contributed by atoms with E-state index in [0.29, 0.717) is 35.4 Å². The molecule has 1 aromatic carbocycles. The molecule has 3 amide bonds. The number of carbonyl (C=O) groups is 3. The normalized spacial score (nSPS) is 25.9. The Bertz CT molecular complexity index is 775. The van der Waals surface area contributed by atoms with Gasteiger partial charge in [0, 0.05) is 19.6 Å². The molecule has 138 valence electrons. The molecule has 4 rings (SSSR count). The molecule has 0 saturated carbocycles. The predicted molar refractivity (Wildman–Crippen MR) is 94.7 cm³/mol. The van der Waals surface area contributed by atoms with Crippen LogP contribution < -0.4 is 10.1 Å². The van der Waals surface area contributed by atoms with Crippen molar-refractivity contribution in [3.05, 3.63) is 27.7 Å². The Morgan fingerprint density at radius 2 is 2.08 bits per heavy atom. The van der Waals surface area contributed by atoms with E-state index in [1.165, 1.54) is 4.90 Å². The fourth-order valence-electron chi connectivity index (χ4n) is 3.68. The maximum Gasteiger partial charge on any atom is 0.259 e. The third kappa shape index (κ3) is 3.12. The molecule has 2 saturated heterocycles. The lowest BCUT2D eigenvalue weighted by Gasteiger charge is -2.29. The van der Waals surface area contributed by atoms with Gasteiger partial charge in [0.2, 0.25) is 11.8 Å². The Kier molecular flexibility index (Phi) is 4.71. The maximum absolute atomic E-state index is 13.1. The molecule has 3 aliphatic heterocycles. The standard InChI is InChI=1S/C18H19BrN2O5/c19-12-4-3-10-8-21(13-5-6-14(22)20-17(13)23)18(24)15(10)16(12)26-11-2-1-7-25-9-11/h3-4,11,13H,1-2,5-9H2,(H,20,22,23)/t11-,13?/m1/s1. The van der Waals surface area contributed by atoms with Crippen LogP contribution in [0.1, 0.15) is 41.6 Å². The van der Waals surface area contributed by atoms with E-state index in [1.807, 2.05) is 12.1 Å². The van der Waals surface area contributed by atoms with Crippen LogP contribution in [-0.2, 0) is 20.9 Å². The Morgan fingerprint density at radius 3 is 2.81 bits per heavy atom. The number of benzene rings is 1. The summed E-state index contributed by atoms with van der Waals surface area (Å²) in [6.07, 6.45) is 2.29. The number of piperidine rings is 1. The summed E-state index contributed by atoms with van der Waals surface area (Å²) in [7, 11) is 0. The molecule has 0 aliphatic carbocycles. The van der Waals surface area contributed by atoms with Crippen LogP contribution in [0.3, 0.4) is 0 Å². The number of amides is 3. The highest BCUT2D eigenvalue weighted by Crippen LogP contribution is 2.39. The summed E-state index contributed by atoms with van der Waals surface area (Å²) in [5.74, 6) is -0.426. The Hall–Kier alpha value is -1.93. The number of nitrogens with one attached hydrogen (secondary N) is 1.